The number of aromatic amines is 1. The molecule has 3 aromatic heterocycles. The van der Waals surface area contributed by atoms with Crippen molar-refractivity contribution in [3.05, 3.63) is 48.5 Å². The van der Waals surface area contributed by atoms with Gasteiger partial charge in [-0.25, -0.2) is 9.50 Å². The predicted molar refractivity (Wildman–Crippen MR) is 120 cm³/mol. The highest BCUT2D eigenvalue weighted by atomic mass is 16.5. The fraction of sp³-hybridized carbons (Fsp3) is 0.391. The third-order valence-electron chi connectivity index (χ3n) is 5.71. The number of ether oxygens (including phenoxy) is 1. The quantitative estimate of drug-likeness (QED) is 0.451. The Kier molecular flexibility index (Phi) is 5.72. The first-order chi connectivity index (χ1) is 15.7. The van der Waals surface area contributed by atoms with E-state index in [9.17, 15) is 4.79 Å². The van der Waals surface area contributed by atoms with Crippen LogP contribution < -0.4 is 10.1 Å². The number of nitrogens with zero attached hydrogens (tertiary/aromatic N) is 4. The number of carbonyl (C=O) groups excluding carboxylic acids is 1. The highest BCUT2D eigenvalue weighted by molar-refractivity contribution is 6.09. The lowest BCUT2D eigenvalue weighted by Gasteiger charge is -2.14. The van der Waals surface area contributed by atoms with Crippen molar-refractivity contribution in [3.63, 3.8) is 0 Å². The smallest absolute Gasteiger partial charge is 0.259 e. The van der Waals surface area contributed by atoms with E-state index in [4.69, 9.17) is 9.84 Å². The highest BCUT2D eigenvalue weighted by Crippen LogP contribution is 2.32. The van der Waals surface area contributed by atoms with E-state index < -0.39 is 0 Å². The van der Waals surface area contributed by atoms with E-state index in [1.54, 1.807) is 41.4 Å². The zero-order valence-corrected chi connectivity index (χ0v) is 17.7. The molecule has 9 heteroatoms. The van der Waals surface area contributed by atoms with Gasteiger partial charge in [0.1, 0.15) is 11.4 Å². The summed E-state index contributed by atoms with van der Waals surface area (Å²) in [5.41, 5.74) is 2.45. The van der Waals surface area contributed by atoms with Crippen LogP contribution in [0, 0.1) is 0 Å². The predicted octanol–water partition coefficient (Wildman–Crippen LogP) is 3.71. The maximum Gasteiger partial charge on any atom is 0.259 e. The van der Waals surface area contributed by atoms with E-state index >= 15 is 0 Å². The number of amides is 1. The number of aliphatic hydroxyl groups is 1. The normalized spacial score (nSPS) is 16.5. The Labute approximate surface area is 184 Å². The average Bonchev–Trinajstić information content (AvgIpc) is 3.35. The van der Waals surface area contributed by atoms with Crippen molar-refractivity contribution in [1.29, 1.82) is 0 Å². The second kappa shape index (κ2) is 8.96. The number of aromatic nitrogens is 5. The number of anilines is 1. The summed E-state index contributed by atoms with van der Waals surface area (Å²) in [7, 11) is 0. The van der Waals surface area contributed by atoms with Crippen molar-refractivity contribution in [2.75, 3.05) is 5.32 Å². The van der Waals surface area contributed by atoms with E-state index in [0.29, 0.717) is 22.6 Å². The molecule has 0 unspecified atom stereocenters. The highest BCUT2D eigenvalue weighted by Gasteiger charge is 2.26. The van der Waals surface area contributed by atoms with Gasteiger partial charge in [0, 0.05) is 23.8 Å². The van der Waals surface area contributed by atoms with Crippen molar-refractivity contribution in [3.8, 4) is 5.75 Å². The Bertz CT molecular complexity index is 1220. The SMILES string of the molecule is O=C(Nc1cnn2cccnc12)c1cc2cn[nH]c2cc1OC1CC1.OC1CCCCC1. The first-order valence-corrected chi connectivity index (χ1v) is 11.1. The summed E-state index contributed by atoms with van der Waals surface area (Å²) >= 11 is 0. The Balaban J connectivity index is 0.000000265. The van der Waals surface area contributed by atoms with E-state index in [1.807, 2.05) is 6.07 Å². The summed E-state index contributed by atoms with van der Waals surface area (Å²) in [4.78, 5) is 17.1. The number of benzene rings is 1. The van der Waals surface area contributed by atoms with Gasteiger partial charge in [0.25, 0.3) is 5.91 Å². The van der Waals surface area contributed by atoms with Gasteiger partial charge in [0.05, 0.1) is 35.7 Å². The fourth-order valence-corrected chi connectivity index (χ4v) is 3.80. The minimum atomic E-state index is -0.265. The standard InChI is InChI=1S/C17H14N6O2.C6H12O/c24-17(21-14-9-20-23-5-1-4-18-16(14)23)12-6-10-8-19-22-13(10)7-15(12)25-11-2-3-11;7-6-4-2-1-3-5-6/h1,4-9,11H,2-3H2,(H,19,22)(H,21,24);6-7H,1-5H2. The summed E-state index contributed by atoms with van der Waals surface area (Å²) in [6.07, 6.45) is 14.8. The number of aliphatic hydroxyl groups excluding tert-OH is 1. The summed E-state index contributed by atoms with van der Waals surface area (Å²) in [5, 5.41) is 23.7. The molecule has 9 nitrogen and oxygen atoms in total. The van der Waals surface area contributed by atoms with Crippen LogP contribution in [0.4, 0.5) is 5.69 Å². The van der Waals surface area contributed by atoms with Gasteiger partial charge >= 0.3 is 0 Å². The van der Waals surface area contributed by atoms with Crippen molar-refractivity contribution < 1.29 is 14.6 Å². The van der Waals surface area contributed by atoms with Crippen LogP contribution in [0.2, 0.25) is 0 Å². The first kappa shape index (κ1) is 20.4. The molecule has 0 aliphatic heterocycles. The van der Waals surface area contributed by atoms with Crippen LogP contribution in [0.1, 0.15) is 55.3 Å². The molecule has 3 N–H and O–H groups in total. The monoisotopic (exact) mass is 434 g/mol. The number of rotatable bonds is 4. The van der Waals surface area contributed by atoms with E-state index in [1.165, 1.54) is 19.3 Å². The van der Waals surface area contributed by atoms with Crippen molar-refractivity contribution >= 4 is 28.1 Å². The van der Waals surface area contributed by atoms with Crippen LogP contribution >= 0.6 is 0 Å². The van der Waals surface area contributed by atoms with Crippen LogP contribution in [0.15, 0.2) is 43.0 Å². The zero-order valence-electron chi connectivity index (χ0n) is 17.7. The second-order valence-corrected chi connectivity index (χ2v) is 8.31. The fourth-order valence-electron chi connectivity index (χ4n) is 3.80. The van der Waals surface area contributed by atoms with Gasteiger partial charge in [0.2, 0.25) is 0 Å². The molecule has 166 valence electrons. The van der Waals surface area contributed by atoms with Gasteiger partial charge in [-0.1, -0.05) is 19.3 Å². The Morgan fingerprint density at radius 3 is 2.75 bits per heavy atom. The average molecular weight is 435 g/mol. The third-order valence-corrected chi connectivity index (χ3v) is 5.71. The minimum absolute atomic E-state index is 0.0359. The van der Waals surface area contributed by atoms with Crippen molar-refractivity contribution in [1.82, 2.24) is 24.8 Å². The van der Waals surface area contributed by atoms with Crippen molar-refractivity contribution in [2.24, 2.45) is 0 Å². The maximum absolute atomic E-state index is 12.9. The van der Waals surface area contributed by atoms with Crippen LogP contribution in [-0.4, -0.2) is 48.0 Å². The van der Waals surface area contributed by atoms with Crippen molar-refractivity contribution in [2.45, 2.75) is 57.2 Å². The minimum Gasteiger partial charge on any atom is -0.490 e. The second-order valence-electron chi connectivity index (χ2n) is 8.31. The van der Waals surface area contributed by atoms with Gasteiger partial charge in [-0.15, -0.1) is 0 Å². The zero-order chi connectivity index (χ0) is 21.9. The molecule has 0 spiro atoms. The van der Waals surface area contributed by atoms with Crippen LogP contribution in [0.3, 0.4) is 0 Å². The largest absolute Gasteiger partial charge is 0.490 e. The van der Waals surface area contributed by atoms with Crippen LogP contribution in [0.5, 0.6) is 5.75 Å². The lowest BCUT2D eigenvalue weighted by Crippen LogP contribution is -2.14. The molecular formula is C23H26N6O3. The van der Waals surface area contributed by atoms with Crippen LogP contribution in [0.25, 0.3) is 16.6 Å². The van der Waals surface area contributed by atoms with Crippen LogP contribution in [-0.2, 0) is 0 Å². The Hall–Kier alpha value is -3.46. The lowest BCUT2D eigenvalue weighted by molar-refractivity contribution is 0.102. The molecule has 2 aliphatic carbocycles. The molecule has 6 rings (SSSR count). The summed E-state index contributed by atoms with van der Waals surface area (Å²) < 4.78 is 7.52. The molecule has 3 heterocycles. The molecule has 0 bridgehead atoms. The molecule has 2 fully saturated rings. The number of nitrogens with one attached hydrogen (secondary N) is 2. The molecule has 1 aromatic carbocycles. The van der Waals surface area contributed by atoms with E-state index in [2.05, 4.69) is 25.6 Å². The van der Waals surface area contributed by atoms with Gasteiger partial charge in [0.15, 0.2) is 5.65 Å². The van der Waals surface area contributed by atoms with Gasteiger partial charge < -0.3 is 15.2 Å². The lowest BCUT2D eigenvalue weighted by atomic mass is 9.98. The third kappa shape index (κ3) is 4.57. The number of hydrogen-bond acceptors (Lipinski definition) is 6. The van der Waals surface area contributed by atoms with E-state index in [0.717, 1.165) is 36.6 Å². The maximum atomic E-state index is 12.9. The number of hydrogen-bond donors (Lipinski definition) is 3. The molecule has 1 amide bonds. The molecule has 2 aliphatic rings. The molecule has 0 radical (unpaired) electrons. The molecule has 4 aromatic rings. The molecule has 32 heavy (non-hydrogen) atoms. The molecule has 0 atom stereocenters. The summed E-state index contributed by atoms with van der Waals surface area (Å²) in [5.74, 6) is 0.292. The Morgan fingerprint density at radius 2 is 2.00 bits per heavy atom. The summed E-state index contributed by atoms with van der Waals surface area (Å²) in [6.45, 7) is 0. The number of fused-ring (bicyclic) bond motifs is 2. The first-order valence-electron chi connectivity index (χ1n) is 11.1. The Morgan fingerprint density at radius 1 is 1.16 bits per heavy atom. The van der Waals surface area contributed by atoms with Gasteiger partial charge in [-0.05, 0) is 37.8 Å². The van der Waals surface area contributed by atoms with E-state index in [-0.39, 0.29) is 18.1 Å². The molecular weight excluding hydrogens is 408 g/mol. The van der Waals surface area contributed by atoms with Gasteiger partial charge in [-0.3, -0.25) is 9.89 Å². The molecule has 2 saturated carbocycles. The summed E-state index contributed by atoms with van der Waals surface area (Å²) in [6, 6.07) is 5.38. The molecule has 0 saturated heterocycles. The number of carbonyl (C=O) groups is 1. The number of H-pyrrole nitrogens is 1. The van der Waals surface area contributed by atoms with Gasteiger partial charge in [-0.2, -0.15) is 10.2 Å². The topological polar surface area (TPSA) is 117 Å².